The number of benzene rings is 2. The third-order valence-corrected chi connectivity index (χ3v) is 6.95. The number of aromatic nitrogens is 4. The summed E-state index contributed by atoms with van der Waals surface area (Å²) >= 11 is 0. The third-order valence-electron chi connectivity index (χ3n) is 6.95. The lowest BCUT2D eigenvalue weighted by atomic mass is 9.97. The number of aliphatic hydroxyl groups is 1. The lowest BCUT2D eigenvalue weighted by Crippen LogP contribution is -2.28. The highest BCUT2D eigenvalue weighted by Gasteiger charge is 2.43. The molecule has 4 heterocycles. The van der Waals surface area contributed by atoms with Crippen molar-refractivity contribution >= 4 is 16.9 Å². The van der Waals surface area contributed by atoms with E-state index in [0.29, 0.717) is 0 Å². The second kappa shape index (κ2) is 8.65. The van der Waals surface area contributed by atoms with Crippen molar-refractivity contribution in [3.63, 3.8) is 0 Å². The highest BCUT2D eigenvalue weighted by atomic mass is 19.4. The van der Waals surface area contributed by atoms with E-state index in [1.165, 1.54) is 32.0 Å². The molecule has 2 aliphatic rings. The van der Waals surface area contributed by atoms with Gasteiger partial charge < -0.3 is 19.7 Å². The molecule has 0 saturated heterocycles. The second-order valence-corrected chi connectivity index (χ2v) is 10.0. The Labute approximate surface area is 221 Å². The fraction of sp³-hybridized carbons (Fsp3) is 0.308. The third kappa shape index (κ3) is 4.05. The number of nitrogens with one attached hydrogen (secondary N) is 1. The number of amides is 1. The predicted molar refractivity (Wildman–Crippen MR) is 127 cm³/mol. The van der Waals surface area contributed by atoms with Crippen LogP contribution in [0.15, 0.2) is 36.5 Å². The Balaban J connectivity index is 1.58. The summed E-state index contributed by atoms with van der Waals surface area (Å²) in [6.07, 6.45) is -4.02. The Bertz CT molecular complexity index is 1700. The molecule has 1 amide bonds. The summed E-state index contributed by atoms with van der Waals surface area (Å²) in [5, 5.41) is 12.9. The van der Waals surface area contributed by atoms with Crippen LogP contribution in [-0.2, 0) is 11.8 Å². The number of imidazole rings is 1. The first-order valence-electron chi connectivity index (χ1n) is 12.0. The Morgan fingerprint density at radius 1 is 1.12 bits per heavy atom. The molecule has 0 fully saturated rings. The number of ether oxygens (including phenoxy) is 1. The van der Waals surface area contributed by atoms with Crippen LogP contribution in [-0.4, -0.2) is 37.1 Å². The van der Waals surface area contributed by atoms with E-state index in [1.807, 2.05) is 0 Å². The van der Waals surface area contributed by atoms with Crippen molar-refractivity contribution in [2.24, 2.45) is 0 Å². The summed E-state index contributed by atoms with van der Waals surface area (Å²) in [5.41, 5.74) is -3.85. The maximum absolute atomic E-state index is 15.4. The molecule has 0 saturated carbocycles. The summed E-state index contributed by atoms with van der Waals surface area (Å²) in [6.45, 7) is -0.747. The van der Waals surface area contributed by atoms with Gasteiger partial charge in [-0.3, -0.25) is 4.79 Å². The summed E-state index contributed by atoms with van der Waals surface area (Å²) in [4.78, 5) is 24.7. The molecule has 2 aromatic carbocycles. The molecule has 0 unspecified atom stereocenters. The van der Waals surface area contributed by atoms with Crippen molar-refractivity contribution in [3.05, 3.63) is 70.8 Å². The van der Waals surface area contributed by atoms with Gasteiger partial charge in [-0.2, -0.15) is 22.0 Å². The van der Waals surface area contributed by atoms with Crippen LogP contribution in [0.2, 0.25) is 0 Å². The number of rotatable bonds is 4. The molecule has 14 heteroatoms. The van der Waals surface area contributed by atoms with E-state index in [1.54, 1.807) is 4.57 Å². The molecular formula is C26H19F6N5O3. The number of halogens is 6. The average Bonchev–Trinajstić information content (AvgIpc) is 3.33. The largest absolute Gasteiger partial charge is 0.434 e. The zero-order valence-electron chi connectivity index (χ0n) is 20.7. The Hall–Kier alpha value is -4.20. The van der Waals surface area contributed by atoms with Gasteiger partial charge in [0, 0.05) is 34.5 Å². The zero-order chi connectivity index (χ0) is 28.7. The highest BCUT2D eigenvalue weighted by molar-refractivity contribution is 5.98. The molecule has 2 bridgehead atoms. The monoisotopic (exact) mass is 563 g/mol. The van der Waals surface area contributed by atoms with Crippen LogP contribution in [0.5, 0.6) is 5.75 Å². The number of carbonyl (C=O) groups is 1. The van der Waals surface area contributed by atoms with Gasteiger partial charge in [0.15, 0.2) is 11.5 Å². The van der Waals surface area contributed by atoms with Gasteiger partial charge in [0.25, 0.3) is 5.91 Å². The van der Waals surface area contributed by atoms with Crippen LogP contribution in [0.1, 0.15) is 65.6 Å². The minimum Gasteiger partial charge on any atom is -0.434 e. The SMILES string of the molecule is CC(C)(O)c1ncc(-c2cc3c(cc2F)nc2n3[C@@H]3C[C@H]2NC(=O)c2cccc(OC(F)F)c23)c(C(F)(F)F)n1. The van der Waals surface area contributed by atoms with E-state index >= 15 is 4.39 Å². The van der Waals surface area contributed by atoms with Crippen LogP contribution >= 0.6 is 0 Å². The van der Waals surface area contributed by atoms with Crippen LogP contribution in [0.25, 0.3) is 22.2 Å². The molecule has 208 valence electrons. The maximum Gasteiger partial charge on any atom is 0.434 e. The van der Waals surface area contributed by atoms with Crippen molar-refractivity contribution in [1.29, 1.82) is 0 Å². The minimum atomic E-state index is -5.02. The lowest BCUT2D eigenvalue weighted by Gasteiger charge is -2.21. The summed E-state index contributed by atoms with van der Waals surface area (Å²) < 4.78 is 90.3. The normalized spacial score (nSPS) is 18.5. The molecule has 2 atom stereocenters. The number of nitrogens with zero attached hydrogens (tertiary/aromatic N) is 4. The molecule has 0 spiro atoms. The topological polar surface area (TPSA) is 102 Å². The molecule has 0 aliphatic carbocycles. The maximum atomic E-state index is 15.4. The molecule has 2 aliphatic heterocycles. The molecule has 8 nitrogen and oxygen atoms in total. The van der Waals surface area contributed by atoms with Crippen LogP contribution in [0, 0.1) is 5.82 Å². The Morgan fingerprint density at radius 2 is 1.88 bits per heavy atom. The highest BCUT2D eigenvalue weighted by Crippen LogP contribution is 2.48. The van der Waals surface area contributed by atoms with Crippen molar-refractivity contribution in [1.82, 2.24) is 24.8 Å². The Morgan fingerprint density at radius 3 is 2.55 bits per heavy atom. The standard InChI is InChI=1S/C26H19F6N5O3/c1-25(2,39)23-33-9-12(20(36-23)26(30,31)32)11-6-16-14(7-13(11)27)34-21-15-8-17(37(16)21)19-10(22(38)35-15)4-3-5-18(19)40-24(28)29/h3-7,9,15,17,24,39H,8H2,1-2H3,(H,35,38)/t15-,17-/m1/s1. The molecule has 40 heavy (non-hydrogen) atoms. The fourth-order valence-corrected chi connectivity index (χ4v) is 5.33. The molecular weight excluding hydrogens is 544 g/mol. The van der Waals surface area contributed by atoms with E-state index in [9.17, 15) is 31.9 Å². The van der Waals surface area contributed by atoms with Gasteiger partial charge in [0.05, 0.1) is 23.1 Å². The quantitative estimate of drug-likeness (QED) is 0.329. The number of carbonyl (C=O) groups excluding carboxylic acids is 1. The van der Waals surface area contributed by atoms with E-state index in [0.717, 1.165) is 18.3 Å². The predicted octanol–water partition coefficient (Wildman–Crippen LogP) is 5.26. The van der Waals surface area contributed by atoms with Crippen LogP contribution in [0.3, 0.4) is 0 Å². The second-order valence-electron chi connectivity index (χ2n) is 10.0. The number of fused-ring (bicyclic) bond motifs is 9. The van der Waals surface area contributed by atoms with Gasteiger partial charge in [-0.25, -0.2) is 19.3 Å². The smallest absolute Gasteiger partial charge is 0.434 e. The van der Waals surface area contributed by atoms with Crippen molar-refractivity contribution in [2.75, 3.05) is 0 Å². The number of hydrogen-bond acceptors (Lipinski definition) is 6. The summed E-state index contributed by atoms with van der Waals surface area (Å²) in [5.74, 6) is -2.03. The zero-order valence-corrected chi connectivity index (χ0v) is 20.7. The average molecular weight is 563 g/mol. The first-order chi connectivity index (χ1) is 18.7. The van der Waals surface area contributed by atoms with Gasteiger partial charge >= 0.3 is 12.8 Å². The van der Waals surface area contributed by atoms with Crippen LogP contribution in [0.4, 0.5) is 26.3 Å². The molecule has 0 radical (unpaired) electrons. The van der Waals surface area contributed by atoms with Gasteiger partial charge in [-0.15, -0.1) is 0 Å². The first-order valence-corrected chi connectivity index (χ1v) is 12.0. The first kappa shape index (κ1) is 26.0. The van der Waals surface area contributed by atoms with E-state index in [4.69, 9.17) is 4.74 Å². The number of hydrogen-bond donors (Lipinski definition) is 2. The molecule has 2 aromatic heterocycles. The van der Waals surface area contributed by atoms with Gasteiger partial charge in [-0.1, -0.05) is 6.07 Å². The Kier molecular flexibility index (Phi) is 5.63. The molecule has 2 N–H and O–H groups in total. The number of alkyl halides is 5. The van der Waals surface area contributed by atoms with Crippen LogP contribution < -0.4 is 10.1 Å². The summed E-state index contributed by atoms with van der Waals surface area (Å²) in [6, 6.07) is 4.80. The fourth-order valence-electron chi connectivity index (χ4n) is 5.33. The molecule has 4 aromatic rings. The van der Waals surface area contributed by atoms with E-state index < -0.39 is 64.8 Å². The van der Waals surface area contributed by atoms with Gasteiger partial charge in [0.2, 0.25) is 0 Å². The lowest BCUT2D eigenvalue weighted by molar-refractivity contribution is -0.141. The van der Waals surface area contributed by atoms with Crippen molar-refractivity contribution in [2.45, 2.75) is 50.7 Å². The van der Waals surface area contributed by atoms with Crippen molar-refractivity contribution in [3.8, 4) is 16.9 Å². The van der Waals surface area contributed by atoms with Crippen molar-refractivity contribution < 1.29 is 41.0 Å². The van der Waals surface area contributed by atoms with Gasteiger partial charge in [-0.05, 0) is 38.5 Å². The summed E-state index contributed by atoms with van der Waals surface area (Å²) in [7, 11) is 0. The van der Waals surface area contributed by atoms with Gasteiger partial charge in [0.1, 0.15) is 23.0 Å². The molecule has 6 rings (SSSR count). The van der Waals surface area contributed by atoms with E-state index in [-0.39, 0.29) is 40.2 Å². The van der Waals surface area contributed by atoms with E-state index in [2.05, 4.69) is 20.3 Å². The minimum absolute atomic E-state index is 0.0819.